The van der Waals surface area contributed by atoms with Crippen molar-refractivity contribution in [1.82, 2.24) is 9.55 Å². The van der Waals surface area contributed by atoms with E-state index in [1.165, 1.54) is 4.57 Å². The van der Waals surface area contributed by atoms with Crippen LogP contribution < -0.4 is 0 Å². The van der Waals surface area contributed by atoms with Crippen LogP contribution in [0, 0.1) is 23.3 Å². The number of benzene rings is 1. The minimum Gasteiger partial charge on any atom is -0.335 e. The van der Waals surface area contributed by atoms with Gasteiger partial charge in [-0.25, -0.2) is 8.78 Å². The van der Waals surface area contributed by atoms with Crippen molar-refractivity contribution in [2.24, 2.45) is 0 Å². The number of aryl methyl sites for hydroxylation is 1. The first-order valence-corrected chi connectivity index (χ1v) is 5.21. The molecule has 0 aliphatic carbocycles. The third kappa shape index (κ3) is 1.88. The monoisotopic (exact) mass is 260 g/mol. The molecule has 0 atom stereocenters. The summed E-state index contributed by atoms with van der Waals surface area (Å²) in [5, 5.41) is -0.0207. The van der Waals surface area contributed by atoms with Gasteiger partial charge in [0, 0.05) is 18.0 Å². The molecule has 1 N–H and O–H groups in total. The third-order valence-electron chi connectivity index (χ3n) is 2.07. The highest BCUT2D eigenvalue weighted by molar-refractivity contribution is 7.71. The van der Waals surface area contributed by atoms with Crippen molar-refractivity contribution in [3.63, 3.8) is 0 Å². The fourth-order valence-corrected chi connectivity index (χ4v) is 2.03. The molecule has 0 saturated carbocycles. The first-order chi connectivity index (χ1) is 7.49. The maximum Gasteiger partial charge on any atom is 0.182 e. The summed E-state index contributed by atoms with van der Waals surface area (Å²) in [7, 11) is 0. The van der Waals surface area contributed by atoms with Crippen LogP contribution in [-0.4, -0.2) is 9.55 Å². The molecule has 0 unspecified atom stereocenters. The van der Waals surface area contributed by atoms with Gasteiger partial charge in [0.05, 0.1) is 5.02 Å². The summed E-state index contributed by atoms with van der Waals surface area (Å²) in [6.45, 7) is 1.78. The van der Waals surface area contributed by atoms with Gasteiger partial charge in [-0.2, -0.15) is 0 Å². The minimum absolute atomic E-state index is 0.0207. The van der Waals surface area contributed by atoms with Crippen molar-refractivity contribution < 1.29 is 8.78 Å². The third-order valence-corrected chi connectivity index (χ3v) is 2.66. The lowest BCUT2D eigenvalue weighted by Gasteiger charge is -2.06. The van der Waals surface area contributed by atoms with Gasteiger partial charge in [-0.3, -0.25) is 4.57 Å². The fourth-order valence-electron chi connectivity index (χ4n) is 1.44. The van der Waals surface area contributed by atoms with Gasteiger partial charge in [-0.1, -0.05) is 11.6 Å². The molecule has 0 aliphatic rings. The van der Waals surface area contributed by atoms with Crippen LogP contribution in [0.3, 0.4) is 0 Å². The molecule has 2 aromatic rings. The zero-order chi connectivity index (χ0) is 11.9. The zero-order valence-electron chi connectivity index (χ0n) is 8.22. The second-order valence-electron chi connectivity index (χ2n) is 3.33. The summed E-state index contributed by atoms with van der Waals surface area (Å²) in [5.74, 6) is -1.47. The van der Waals surface area contributed by atoms with Crippen LogP contribution in [0.1, 0.15) is 5.69 Å². The summed E-state index contributed by atoms with van der Waals surface area (Å²) in [5.41, 5.74) is 0.821. The highest BCUT2D eigenvalue weighted by atomic mass is 35.5. The van der Waals surface area contributed by atoms with Crippen molar-refractivity contribution in [3.05, 3.63) is 45.5 Å². The Hall–Kier alpha value is -1.20. The first kappa shape index (κ1) is 11.3. The largest absolute Gasteiger partial charge is 0.335 e. The van der Waals surface area contributed by atoms with Crippen molar-refractivity contribution in [2.75, 3.05) is 0 Å². The molecular weight excluding hydrogens is 254 g/mol. The van der Waals surface area contributed by atoms with Gasteiger partial charge in [0.1, 0.15) is 11.5 Å². The highest BCUT2D eigenvalue weighted by Crippen LogP contribution is 2.25. The number of halogens is 3. The van der Waals surface area contributed by atoms with Crippen LogP contribution in [0.15, 0.2) is 18.3 Å². The first-order valence-electron chi connectivity index (χ1n) is 4.42. The van der Waals surface area contributed by atoms with E-state index < -0.39 is 11.6 Å². The molecule has 0 spiro atoms. The van der Waals surface area contributed by atoms with Crippen molar-refractivity contribution >= 4 is 23.8 Å². The van der Waals surface area contributed by atoms with E-state index >= 15 is 0 Å². The molecule has 1 aromatic heterocycles. The summed E-state index contributed by atoms with van der Waals surface area (Å²) in [6, 6.07) is 1.81. The quantitative estimate of drug-likeness (QED) is 0.774. The van der Waals surface area contributed by atoms with Crippen LogP contribution in [0.4, 0.5) is 8.78 Å². The Kier molecular flexibility index (Phi) is 2.82. The van der Waals surface area contributed by atoms with Gasteiger partial charge in [0.15, 0.2) is 10.6 Å². The summed E-state index contributed by atoms with van der Waals surface area (Å²) in [6.07, 6.45) is 1.60. The Morgan fingerprint density at radius 1 is 1.38 bits per heavy atom. The molecule has 0 saturated heterocycles. The van der Waals surface area contributed by atoms with E-state index in [2.05, 4.69) is 4.98 Å². The van der Waals surface area contributed by atoms with Crippen LogP contribution >= 0.6 is 23.8 Å². The number of rotatable bonds is 1. The Morgan fingerprint density at radius 2 is 2.06 bits per heavy atom. The second-order valence-corrected chi connectivity index (χ2v) is 4.12. The number of H-pyrrole nitrogens is 1. The summed E-state index contributed by atoms with van der Waals surface area (Å²) in [4.78, 5) is 2.83. The van der Waals surface area contributed by atoms with Crippen LogP contribution in [0.25, 0.3) is 5.69 Å². The molecule has 0 amide bonds. The molecule has 0 radical (unpaired) electrons. The lowest BCUT2D eigenvalue weighted by Crippen LogP contribution is -1.98. The predicted octanol–water partition coefficient (Wildman–Crippen LogP) is 3.77. The van der Waals surface area contributed by atoms with E-state index in [1.807, 2.05) is 0 Å². The van der Waals surface area contributed by atoms with Gasteiger partial charge in [0.25, 0.3) is 0 Å². The Labute approximate surface area is 100 Å². The van der Waals surface area contributed by atoms with E-state index in [0.717, 1.165) is 17.8 Å². The predicted molar refractivity (Wildman–Crippen MR) is 60.6 cm³/mol. The van der Waals surface area contributed by atoms with Crippen molar-refractivity contribution in [3.8, 4) is 5.69 Å². The van der Waals surface area contributed by atoms with E-state index in [-0.39, 0.29) is 10.7 Å². The van der Waals surface area contributed by atoms with E-state index in [1.54, 1.807) is 13.1 Å². The molecule has 84 valence electrons. The normalized spacial score (nSPS) is 10.8. The van der Waals surface area contributed by atoms with Gasteiger partial charge in [-0.15, -0.1) is 0 Å². The molecular formula is C10H7ClF2N2S. The van der Waals surface area contributed by atoms with E-state index in [4.69, 9.17) is 23.8 Å². The highest BCUT2D eigenvalue weighted by Gasteiger charge is 2.13. The summed E-state index contributed by atoms with van der Waals surface area (Å²) < 4.78 is 28.1. The number of imidazole rings is 1. The Balaban J connectivity index is 2.74. The molecule has 6 heteroatoms. The number of hydrogen-bond donors (Lipinski definition) is 1. The van der Waals surface area contributed by atoms with Crippen LogP contribution in [0.2, 0.25) is 5.02 Å². The molecule has 2 nitrogen and oxygen atoms in total. The lowest BCUT2D eigenvalue weighted by atomic mass is 10.3. The molecule has 16 heavy (non-hydrogen) atoms. The molecule has 1 aromatic carbocycles. The van der Waals surface area contributed by atoms with Crippen LogP contribution in [0.5, 0.6) is 0 Å². The number of hydrogen-bond acceptors (Lipinski definition) is 1. The minimum atomic E-state index is -0.750. The number of nitrogens with zero attached hydrogens (tertiary/aromatic N) is 1. The van der Waals surface area contributed by atoms with Crippen molar-refractivity contribution in [2.45, 2.75) is 6.92 Å². The van der Waals surface area contributed by atoms with Crippen molar-refractivity contribution in [1.29, 1.82) is 0 Å². The van der Waals surface area contributed by atoms with Gasteiger partial charge >= 0.3 is 0 Å². The average Bonchev–Trinajstić information content (AvgIpc) is 2.43. The molecule has 0 aliphatic heterocycles. The molecule has 2 rings (SSSR count). The Bertz CT molecular complexity index is 580. The SMILES string of the molecule is Cc1cn(-c2c(F)cc(F)cc2Cl)c(=S)[nH]1. The lowest BCUT2D eigenvalue weighted by molar-refractivity contribution is 0.577. The van der Waals surface area contributed by atoms with E-state index in [9.17, 15) is 8.78 Å². The maximum absolute atomic E-state index is 13.6. The average molecular weight is 261 g/mol. The zero-order valence-corrected chi connectivity index (χ0v) is 9.79. The number of aromatic amines is 1. The topological polar surface area (TPSA) is 20.7 Å². The molecule has 1 heterocycles. The number of aromatic nitrogens is 2. The van der Waals surface area contributed by atoms with Gasteiger partial charge in [0.2, 0.25) is 0 Å². The smallest absolute Gasteiger partial charge is 0.182 e. The maximum atomic E-state index is 13.6. The molecule has 0 fully saturated rings. The summed E-state index contributed by atoms with van der Waals surface area (Å²) >= 11 is 10.8. The second kappa shape index (κ2) is 3.99. The van der Waals surface area contributed by atoms with Gasteiger partial charge in [-0.05, 0) is 25.2 Å². The molecule has 0 bridgehead atoms. The van der Waals surface area contributed by atoms with E-state index in [0.29, 0.717) is 4.77 Å². The number of nitrogens with one attached hydrogen (secondary N) is 1. The van der Waals surface area contributed by atoms with Gasteiger partial charge < -0.3 is 4.98 Å². The fraction of sp³-hybridized carbons (Fsp3) is 0.100. The standard InChI is InChI=1S/C10H7ClF2N2S/c1-5-4-15(10(16)14-5)9-7(11)2-6(12)3-8(9)13/h2-4H,1H3,(H,14,16). The Morgan fingerprint density at radius 3 is 2.56 bits per heavy atom. The van der Waals surface area contributed by atoms with Crippen LogP contribution in [-0.2, 0) is 0 Å².